The van der Waals surface area contributed by atoms with Gasteiger partial charge >= 0.3 is 6.36 Å². The predicted molar refractivity (Wildman–Crippen MR) is 124 cm³/mol. The lowest BCUT2D eigenvalue weighted by Crippen LogP contribution is -2.16. The van der Waals surface area contributed by atoms with E-state index in [-0.39, 0.29) is 11.1 Å². The summed E-state index contributed by atoms with van der Waals surface area (Å²) < 4.78 is 71.2. The SMILES string of the molecule is CCCCCc1ccc(C2=Cc3cc(F)c(-c4ccc(OC(F)(F)F)cc4)c(F)c3CC2)cc1. The first-order chi connectivity index (χ1) is 16.2. The fraction of sp³-hybridized carbons (Fsp3) is 0.286. The number of alkyl halides is 3. The van der Waals surface area contributed by atoms with Crippen molar-refractivity contribution in [2.24, 2.45) is 0 Å². The highest BCUT2D eigenvalue weighted by atomic mass is 19.4. The molecule has 1 aliphatic carbocycles. The van der Waals surface area contributed by atoms with Crippen LogP contribution in [0.4, 0.5) is 22.0 Å². The van der Waals surface area contributed by atoms with Gasteiger partial charge in [-0.25, -0.2) is 8.78 Å². The molecule has 0 heterocycles. The Balaban J connectivity index is 1.58. The van der Waals surface area contributed by atoms with Crippen LogP contribution in [0.5, 0.6) is 5.75 Å². The molecule has 0 atom stereocenters. The molecule has 1 nitrogen and oxygen atoms in total. The number of halogens is 5. The van der Waals surface area contributed by atoms with Crippen molar-refractivity contribution in [2.45, 2.75) is 51.8 Å². The van der Waals surface area contributed by atoms with Crippen LogP contribution in [0.15, 0.2) is 54.6 Å². The molecule has 0 aliphatic heterocycles. The second kappa shape index (κ2) is 10.00. The Labute approximate surface area is 195 Å². The van der Waals surface area contributed by atoms with Crippen LogP contribution in [0.1, 0.15) is 54.9 Å². The van der Waals surface area contributed by atoms with E-state index in [1.54, 1.807) is 0 Å². The Morgan fingerprint density at radius 1 is 0.853 bits per heavy atom. The summed E-state index contributed by atoms with van der Waals surface area (Å²) in [7, 11) is 0. The Hall–Kier alpha value is -3.15. The van der Waals surface area contributed by atoms with Crippen molar-refractivity contribution in [1.82, 2.24) is 0 Å². The maximum absolute atomic E-state index is 15.3. The van der Waals surface area contributed by atoms with Crippen molar-refractivity contribution in [1.29, 1.82) is 0 Å². The molecule has 0 bridgehead atoms. The number of hydrogen-bond acceptors (Lipinski definition) is 1. The van der Waals surface area contributed by atoms with Crippen molar-refractivity contribution in [3.63, 3.8) is 0 Å². The Kier molecular flexibility index (Phi) is 7.05. The summed E-state index contributed by atoms with van der Waals surface area (Å²) in [6.07, 6.45) is 2.59. The maximum Gasteiger partial charge on any atom is 0.573 e. The lowest BCUT2D eigenvalue weighted by Gasteiger charge is -2.20. The average Bonchev–Trinajstić information content (AvgIpc) is 2.79. The maximum atomic E-state index is 15.3. The van der Waals surface area contributed by atoms with E-state index >= 15 is 4.39 Å². The van der Waals surface area contributed by atoms with Crippen LogP contribution in [-0.4, -0.2) is 6.36 Å². The number of hydrogen-bond donors (Lipinski definition) is 0. The van der Waals surface area contributed by atoms with Crippen LogP contribution in [0, 0.1) is 11.6 Å². The molecule has 0 spiro atoms. The number of ether oxygens (including phenoxy) is 1. The van der Waals surface area contributed by atoms with Crippen LogP contribution >= 0.6 is 0 Å². The van der Waals surface area contributed by atoms with Crippen LogP contribution in [0.2, 0.25) is 0 Å². The van der Waals surface area contributed by atoms with Gasteiger partial charge in [0.1, 0.15) is 17.4 Å². The summed E-state index contributed by atoms with van der Waals surface area (Å²) >= 11 is 0. The van der Waals surface area contributed by atoms with Crippen LogP contribution < -0.4 is 4.74 Å². The zero-order valence-corrected chi connectivity index (χ0v) is 18.8. The topological polar surface area (TPSA) is 9.23 Å². The first-order valence-corrected chi connectivity index (χ1v) is 11.4. The lowest BCUT2D eigenvalue weighted by molar-refractivity contribution is -0.274. The van der Waals surface area contributed by atoms with Gasteiger partial charge in [-0.3, -0.25) is 0 Å². The van der Waals surface area contributed by atoms with Crippen molar-refractivity contribution in [2.75, 3.05) is 0 Å². The monoisotopic (exact) mass is 472 g/mol. The summed E-state index contributed by atoms with van der Waals surface area (Å²) in [4.78, 5) is 0. The minimum Gasteiger partial charge on any atom is -0.406 e. The van der Waals surface area contributed by atoms with Gasteiger partial charge in [0.15, 0.2) is 0 Å². The molecular formula is C28H25F5O. The molecule has 0 radical (unpaired) electrons. The van der Waals surface area contributed by atoms with E-state index in [1.165, 1.54) is 36.6 Å². The molecule has 0 aromatic heterocycles. The van der Waals surface area contributed by atoms with Crippen LogP contribution in [0.25, 0.3) is 22.8 Å². The third-order valence-corrected chi connectivity index (χ3v) is 6.10. The van der Waals surface area contributed by atoms with Gasteiger partial charge in [-0.15, -0.1) is 13.2 Å². The molecule has 0 amide bonds. The predicted octanol–water partition coefficient (Wildman–Crippen LogP) is 8.75. The fourth-order valence-corrected chi connectivity index (χ4v) is 4.36. The molecule has 0 N–H and O–H groups in total. The first kappa shape index (κ1) is 24.0. The van der Waals surface area contributed by atoms with E-state index in [0.29, 0.717) is 24.0 Å². The van der Waals surface area contributed by atoms with E-state index < -0.39 is 23.7 Å². The quantitative estimate of drug-likeness (QED) is 0.247. The minimum atomic E-state index is -4.83. The highest BCUT2D eigenvalue weighted by Gasteiger charge is 2.31. The van der Waals surface area contributed by atoms with Crippen LogP contribution in [-0.2, 0) is 12.8 Å². The van der Waals surface area contributed by atoms with Gasteiger partial charge in [0.05, 0.1) is 5.56 Å². The standard InChI is InChI=1S/C28H25F5O/c1-2-3-4-5-18-6-8-19(9-7-18)21-12-15-24-22(16-21)17-25(29)26(27(24)30)20-10-13-23(14-11-20)34-28(31,32)33/h6-11,13-14,16-17H,2-5,12,15H2,1H3. The summed E-state index contributed by atoms with van der Waals surface area (Å²) in [5.41, 5.74) is 4.15. The second-order valence-corrected chi connectivity index (χ2v) is 8.51. The van der Waals surface area contributed by atoms with Gasteiger partial charge < -0.3 is 4.74 Å². The zero-order valence-electron chi connectivity index (χ0n) is 18.8. The van der Waals surface area contributed by atoms with Crippen molar-refractivity contribution >= 4 is 11.6 Å². The highest BCUT2D eigenvalue weighted by molar-refractivity contribution is 5.85. The molecule has 178 valence electrons. The van der Waals surface area contributed by atoms with E-state index in [2.05, 4.69) is 35.9 Å². The average molecular weight is 472 g/mol. The summed E-state index contributed by atoms with van der Waals surface area (Å²) in [5.74, 6) is -1.88. The molecular weight excluding hydrogens is 447 g/mol. The largest absolute Gasteiger partial charge is 0.573 e. The molecule has 0 saturated carbocycles. The number of fused-ring (bicyclic) bond motifs is 1. The summed E-state index contributed by atoms with van der Waals surface area (Å²) in [5, 5.41) is 0. The molecule has 4 rings (SSSR count). The van der Waals surface area contributed by atoms with E-state index in [1.807, 2.05) is 6.08 Å². The van der Waals surface area contributed by atoms with E-state index in [4.69, 9.17) is 0 Å². The van der Waals surface area contributed by atoms with Crippen molar-refractivity contribution in [3.8, 4) is 16.9 Å². The summed E-state index contributed by atoms with van der Waals surface area (Å²) in [6, 6.07) is 14.2. The first-order valence-electron chi connectivity index (χ1n) is 11.4. The minimum absolute atomic E-state index is 0.153. The number of rotatable bonds is 7. The molecule has 6 heteroatoms. The number of benzene rings is 3. The Morgan fingerprint density at radius 3 is 2.18 bits per heavy atom. The normalized spacial score (nSPS) is 13.4. The number of unbranched alkanes of at least 4 members (excludes halogenated alkanes) is 2. The number of allylic oxidation sites excluding steroid dienone is 1. The van der Waals surface area contributed by atoms with Crippen LogP contribution in [0.3, 0.4) is 0 Å². The van der Waals surface area contributed by atoms with Crippen molar-refractivity contribution < 1.29 is 26.7 Å². The van der Waals surface area contributed by atoms with Gasteiger partial charge in [0.25, 0.3) is 0 Å². The molecule has 0 unspecified atom stereocenters. The van der Waals surface area contributed by atoms with Crippen molar-refractivity contribution in [3.05, 3.63) is 88.5 Å². The fourth-order valence-electron chi connectivity index (χ4n) is 4.36. The van der Waals surface area contributed by atoms with Gasteiger partial charge in [-0.2, -0.15) is 0 Å². The van der Waals surface area contributed by atoms with Gasteiger partial charge in [0, 0.05) is 0 Å². The Morgan fingerprint density at radius 2 is 1.53 bits per heavy atom. The highest BCUT2D eigenvalue weighted by Crippen LogP contribution is 2.38. The summed E-state index contributed by atoms with van der Waals surface area (Å²) in [6.45, 7) is 2.17. The van der Waals surface area contributed by atoms with E-state index in [9.17, 15) is 17.6 Å². The number of aryl methyl sites for hydroxylation is 1. The zero-order chi connectivity index (χ0) is 24.3. The molecule has 1 aliphatic rings. The Bertz CT molecular complexity index is 1180. The molecule has 34 heavy (non-hydrogen) atoms. The van der Waals surface area contributed by atoms with Gasteiger partial charge in [0.2, 0.25) is 0 Å². The van der Waals surface area contributed by atoms with Gasteiger partial charge in [-0.05, 0) is 77.3 Å². The van der Waals surface area contributed by atoms with E-state index in [0.717, 1.165) is 36.1 Å². The molecule has 3 aromatic carbocycles. The lowest BCUT2D eigenvalue weighted by atomic mass is 9.86. The molecule has 0 saturated heterocycles. The smallest absolute Gasteiger partial charge is 0.406 e. The second-order valence-electron chi connectivity index (χ2n) is 8.51. The molecule has 3 aromatic rings. The van der Waals surface area contributed by atoms with Gasteiger partial charge in [-0.1, -0.05) is 62.2 Å². The third kappa shape index (κ3) is 5.49. The third-order valence-electron chi connectivity index (χ3n) is 6.10. The molecule has 0 fully saturated rings.